The molecule has 0 bridgehead atoms. The third kappa shape index (κ3) is 2.96. The number of pyridine rings is 1. The van der Waals surface area contributed by atoms with Crippen molar-refractivity contribution in [3.05, 3.63) is 24.5 Å². The number of methoxy groups -OCH3 is 2. The average molecular weight is 305 g/mol. The van der Waals surface area contributed by atoms with Crippen molar-refractivity contribution in [2.45, 2.75) is 0 Å². The SMILES string of the molecule is COCCNc1nn2cc(-c3ccc(OC)nc3)nc2s1. The Morgan fingerprint density at radius 2 is 2.24 bits per heavy atom. The van der Waals surface area contributed by atoms with Crippen LogP contribution in [0.15, 0.2) is 24.5 Å². The highest BCUT2D eigenvalue weighted by Gasteiger charge is 2.09. The van der Waals surface area contributed by atoms with Gasteiger partial charge in [0.1, 0.15) is 0 Å². The van der Waals surface area contributed by atoms with Gasteiger partial charge in [-0.2, -0.15) is 0 Å². The summed E-state index contributed by atoms with van der Waals surface area (Å²) < 4.78 is 11.8. The van der Waals surface area contributed by atoms with E-state index >= 15 is 0 Å². The Morgan fingerprint density at radius 1 is 1.33 bits per heavy atom. The van der Waals surface area contributed by atoms with Crippen LogP contribution in [0.2, 0.25) is 0 Å². The Bertz CT molecular complexity index is 690. The van der Waals surface area contributed by atoms with E-state index in [2.05, 4.69) is 20.4 Å². The van der Waals surface area contributed by atoms with Crippen LogP contribution < -0.4 is 10.1 Å². The van der Waals surface area contributed by atoms with Crippen molar-refractivity contribution in [1.29, 1.82) is 0 Å². The van der Waals surface area contributed by atoms with Gasteiger partial charge < -0.3 is 14.8 Å². The van der Waals surface area contributed by atoms with E-state index in [1.165, 1.54) is 11.3 Å². The number of hydrogen-bond donors (Lipinski definition) is 1. The van der Waals surface area contributed by atoms with Gasteiger partial charge in [-0.1, -0.05) is 11.3 Å². The second-order valence-electron chi connectivity index (χ2n) is 4.27. The van der Waals surface area contributed by atoms with Gasteiger partial charge in [-0.3, -0.25) is 0 Å². The quantitative estimate of drug-likeness (QED) is 0.701. The predicted octanol–water partition coefficient (Wildman–Crippen LogP) is 1.92. The lowest BCUT2D eigenvalue weighted by Crippen LogP contribution is -2.07. The van der Waals surface area contributed by atoms with Crippen LogP contribution in [0.1, 0.15) is 0 Å². The zero-order valence-electron chi connectivity index (χ0n) is 11.7. The summed E-state index contributed by atoms with van der Waals surface area (Å²) >= 11 is 1.50. The summed E-state index contributed by atoms with van der Waals surface area (Å²) in [5, 5.41) is 8.44. The molecule has 0 amide bonds. The lowest BCUT2D eigenvalue weighted by atomic mass is 10.2. The number of ether oxygens (including phenoxy) is 2. The number of aromatic nitrogens is 4. The summed E-state index contributed by atoms with van der Waals surface area (Å²) in [7, 11) is 3.27. The second-order valence-corrected chi connectivity index (χ2v) is 5.23. The summed E-state index contributed by atoms with van der Waals surface area (Å²) in [5.41, 5.74) is 1.77. The van der Waals surface area contributed by atoms with E-state index in [9.17, 15) is 0 Å². The van der Waals surface area contributed by atoms with Gasteiger partial charge in [0.2, 0.25) is 16.0 Å². The Labute approximate surface area is 125 Å². The van der Waals surface area contributed by atoms with Crippen LogP contribution >= 0.6 is 11.3 Å². The Morgan fingerprint density at radius 3 is 2.90 bits per heavy atom. The van der Waals surface area contributed by atoms with Crippen molar-refractivity contribution in [2.75, 3.05) is 32.7 Å². The van der Waals surface area contributed by atoms with Crippen molar-refractivity contribution >= 4 is 21.4 Å². The molecule has 0 aromatic carbocycles. The monoisotopic (exact) mass is 305 g/mol. The molecule has 0 saturated heterocycles. The topological polar surface area (TPSA) is 73.6 Å². The molecule has 3 aromatic heterocycles. The number of imidazole rings is 1. The summed E-state index contributed by atoms with van der Waals surface area (Å²) in [5.74, 6) is 0.586. The summed E-state index contributed by atoms with van der Waals surface area (Å²) in [4.78, 5) is 9.57. The Hall–Kier alpha value is -2.19. The molecule has 0 fully saturated rings. The predicted molar refractivity (Wildman–Crippen MR) is 81.0 cm³/mol. The van der Waals surface area contributed by atoms with Crippen LogP contribution in [-0.4, -0.2) is 47.0 Å². The molecule has 7 nitrogen and oxygen atoms in total. The van der Waals surface area contributed by atoms with Gasteiger partial charge in [0, 0.05) is 31.5 Å². The van der Waals surface area contributed by atoms with Crippen LogP contribution in [0, 0.1) is 0 Å². The Kier molecular flexibility index (Phi) is 3.98. The molecule has 0 radical (unpaired) electrons. The molecule has 21 heavy (non-hydrogen) atoms. The molecular weight excluding hydrogens is 290 g/mol. The first-order valence-electron chi connectivity index (χ1n) is 6.39. The van der Waals surface area contributed by atoms with Gasteiger partial charge in [0.05, 0.1) is 25.6 Å². The number of fused-ring (bicyclic) bond motifs is 1. The third-order valence-corrected chi connectivity index (χ3v) is 3.75. The molecule has 0 unspecified atom stereocenters. The van der Waals surface area contributed by atoms with Crippen molar-refractivity contribution in [1.82, 2.24) is 19.6 Å². The normalized spacial score (nSPS) is 11.0. The van der Waals surface area contributed by atoms with Gasteiger partial charge in [0.15, 0.2) is 0 Å². The van der Waals surface area contributed by atoms with Crippen LogP contribution in [0.25, 0.3) is 16.2 Å². The van der Waals surface area contributed by atoms with E-state index in [4.69, 9.17) is 9.47 Å². The van der Waals surface area contributed by atoms with E-state index < -0.39 is 0 Å². The van der Waals surface area contributed by atoms with Gasteiger partial charge in [-0.25, -0.2) is 14.5 Å². The van der Waals surface area contributed by atoms with E-state index in [0.29, 0.717) is 12.5 Å². The van der Waals surface area contributed by atoms with Gasteiger partial charge in [0.25, 0.3) is 0 Å². The highest BCUT2D eigenvalue weighted by atomic mass is 32.1. The summed E-state index contributed by atoms with van der Waals surface area (Å²) in [6.07, 6.45) is 3.62. The lowest BCUT2D eigenvalue weighted by Gasteiger charge is -1.99. The molecule has 0 aliphatic rings. The van der Waals surface area contributed by atoms with Crippen molar-refractivity contribution in [3.63, 3.8) is 0 Å². The number of hydrogen-bond acceptors (Lipinski definition) is 7. The van der Waals surface area contributed by atoms with Crippen LogP contribution in [0.3, 0.4) is 0 Å². The number of nitrogens with zero attached hydrogens (tertiary/aromatic N) is 4. The van der Waals surface area contributed by atoms with Gasteiger partial charge >= 0.3 is 0 Å². The smallest absolute Gasteiger partial charge is 0.214 e. The fourth-order valence-electron chi connectivity index (χ4n) is 1.82. The molecule has 0 saturated carbocycles. The standard InChI is InChI=1S/C13H15N5O2S/c1-19-6-5-14-12-17-18-8-10(16-13(18)21-12)9-3-4-11(20-2)15-7-9/h3-4,7-8H,5-6H2,1-2H3,(H,14,17). The molecule has 0 aliphatic heterocycles. The first-order chi connectivity index (χ1) is 10.3. The van der Waals surface area contributed by atoms with E-state index in [1.54, 1.807) is 24.9 Å². The molecule has 0 spiro atoms. The van der Waals surface area contributed by atoms with Crippen molar-refractivity contribution < 1.29 is 9.47 Å². The maximum Gasteiger partial charge on any atom is 0.214 e. The fraction of sp³-hybridized carbons (Fsp3) is 0.308. The molecular formula is C13H15N5O2S. The largest absolute Gasteiger partial charge is 0.481 e. The van der Waals surface area contributed by atoms with E-state index in [1.807, 2.05) is 18.3 Å². The average Bonchev–Trinajstić information content (AvgIpc) is 3.06. The van der Waals surface area contributed by atoms with E-state index in [0.717, 1.165) is 27.9 Å². The van der Waals surface area contributed by atoms with Crippen LogP contribution in [-0.2, 0) is 4.74 Å². The van der Waals surface area contributed by atoms with Gasteiger partial charge in [-0.05, 0) is 6.07 Å². The van der Waals surface area contributed by atoms with Crippen LogP contribution in [0.4, 0.5) is 5.13 Å². The van der Waals surface area contributed by atoms with Crippen LogP contribution in [0.5, 0.6) is 5.88 Å². The Balaban J connectivity index is 1.79. The number of anilines is 1. The van der Waals surface area contributed by atoms with E-state index in [-0.39, 0.29) is 0 Å². The maximum atomic E-state index is 5.05. The number of rotatable bonds is 6. The third-order valence-electron chi connectivity index (χ3n) is 2.87. The minimum Gasteiger partial charge on any atom is -0.481 e. The van der Waals surface area contributed by atoms with Crippen molar-refractivity contribution in [3.8, 4) is 17.1 Å². The molecule has 3 aromatic rings. The first-order valence-corrected chi connectivity index (χ1v) is 7.21. The molecule has 110 valence electrons. The zero-order valence-corrected chi connectivity index (χ0v) is 12.6. The second kappa shape index (κ2) is 6.06. The van der Waals surface area contributed by atoms with Crippen molar-refractivity contribution in [2.24, 2.45) is 0 Å². The maximum absolute atomic E-state index is 5.05. The first kappa shape index (κ1) is 13.8. The fourth-order valence-corrected chi connectivity index (χ4v) is 2.63. The number of nitrogens with one attached hydrogen (secondary N) is 1. The minimum absolute atomic E-state index is 0.586. The lowest BCUT2D eigenvalue weighted by molar-refractivity contribution is 0.210. The molecule has 1 N–H and O–H groups in total. The highest BCUT2D eigenvalue weighted by molar-refractivity contribution is 7.20. The molecule has 8 heteroatoms. The molecule has 0 aliphatic carbocycles. The highest BCUT2D eigenvalue weighted by Crippen LogP contribution is 2.24. The molecule has 3 rings (SSSR count). The van der Waals surface area contributed by atoms with Gasteiger partial charge in [-0.15, -0.1) is 5.10 Å². The molecule has 3 heterocycles. The summed E-state index contributed by atoms with van der Waals surface area (Å²) in [6.45, 7) is 1.37. The zero-order chi connectivity index (χ0) is 14.7. The summed E-state index contributed by atoms with van der Waals surface area (Å²) in [6, 6.07) is 3.74. The molecule has 0 atom stereocenters. The minimum atomic E-state index is 0.586.